The number of benzene rings is 6. The van der Waals surface area contributed by atoms with Crippen molar-refractivity contribution in [3.05, 3.63) is 184 Å². The van der Waals surface area contributed by atoms with Gasteiger partial charge in [0.25, 0.3) is 11.8 Å². The maximum absolute atomic E-state index is 13.4. The fourth-order valence-corrected chi connectivity index (χ4v) is 9.18. The highest BCUT2D eigenvalue weighted by molar-refractivity contribution is 8.19. The Morgan fingerprint density at radius 2 is 1.02 bits per heavy atom. The van der Waals surface area contributed by atoms with Gasteiger partial charge in [0.1, 0.15) is 26.4 Å². The first kappa shape index (κ1) is 42.3. The van der Waals surface area contributed by atoms with Crippen LogP contribution in [0.4, 0.5) is 17.1 Å². The molecule has 0 atom stereocenters. The van der Waals surface area contributed by atoms with Crippen molar-refractivity contribution in [3.63, 3.8) is 0 Å². The molecule has 0 bridgehead atoms. The third kappa shape index (κ3) is 10.1. The topological polar surface area (TPSA) is 102 Å². The Hall–Kier alpha value is -7.02. The van der Waals surface area contributed by atoms with Crippen molar-refractivity contribution in [2.45, 2.75) is 19.8 Å². The van der Waals surface area contributed by atoms with E-state index >= 15 is 0 Å². The van der Waals surface area contributed by atoms with Crippen molar-refractivity contribution in [1.29, 1.82) is 0 Å². The third-order valence-corrected chi connectivity index (χ3v) is 12.3. The van der Waals surface area contributed by atoms with E-state index in [1.165, 1.54) is 34.7 Å². The lowest BCUT2D eigenvalue weighted by molar-refractivity contribution is -0.114. The molecule has 64 heavy (non-hydrogen) atoms. The number of carbonyl (C=O) groups is 2. The van der Waals surface area contributed by atoms with Crippen molar-refractivity contribution in [1.82, 2.24) is 0 Å². The van der Waals surface area contributed by atoms with Crippen molar-refractivity contribution in [2.24, 2.45) is 9.98 Å². The van der Waals surface area contributed by atoms with Gasteiger partial charge in [0.15, 0.2) is 33.3 Å². The summed E-state index contributed by atoms with van der Waals surface area (Å²) < 4.78 is 22.6. The molecular formula is C52H44N4O6S2. The average Bonchev–Trinajstić information content (AvgIpc) is 3.82. The SMILES string of the molecule is Cc1ccc(N=C2S/C(=C\c3ccc4c(c3)OCCO4)C(=O)N2c2ccccc2)cc1.O=C1/C(=C/c2ccc3c(c2)OCCO3)SC(=NCCCc2ccccc2)N1c1ccccc1. The van der Waals surface area contributed by atoms with Crippen LogP contribution in [0.25, 0.3) is 12.2 Å². The van der Waals surface area contributed by atoms with Crippen LogP contribution >= 0.6 is 23.5 Å². The van der Waals surface area contributed by atoms with E-state index in [0.717, 1.165) is 52.5 Å². The van der Waals surface area contributed by atoms with Crippen molar-refractivity contribution in [3.8, 4) is 23.0 Å². The fourth-order valence-electron chi connectivity index (χ4n) is 7.17. The molecule has 12 heteroatoms. The van der Waals surface area contributed by atoms with E-state index in [2.05, 4.69) is 24.3 Å². The number of aliphatic imine (C=N–C) groups is 2. The molecule has 4 heterocycles. The minimum absolute atomic E-state index is 0.0668. The number of hydrogen-bond donors (Lipinski definition) is 0. The third-order valence-electron chi connectivity index (χ3n) is 10.3. The van der Waals surface area contributed by atoms with Gasteiger partial charge in [-0.05, 0) is 133 Å². The highest BCUT2D eigenvalue weighted by Crippen LogP contribution is 2.40. The van der Waals surface area contributed by atoms with Crippen molar-refractivity contribution >= 4 is 74.9 Å². The number of anilines is 2. The van der Waals surface area contributed by atoms with Crippen LogP contribution in [0.2, 0.25) is 0 Å². The Bertz CT molecular complexity index is 2760. The molecule has 0 radical (unpaired) electrons. The van der Waals surface area contributed by atoms with Crippen LogP contribution in [-0.2, 0) is 16.0 Å². The standard InChI is InChI=1S/C27H24N2O3S.C25H20N2O3S/c30-26-25(19-21-13-14-23-24(18-21)32-17-16-31-23)33-27(29(26)22-11-5-2-6-12-22)28-15-7-10-20-8-3-1-4-9-20;1-17-7-10-19(11-8-17)26-25-27(20-5-3-2-4-6-20)24(28)23(31-25)16-18-9-12-21-22(15-18)30-14-13-29-21/h1-6,8-9,11-14,18-19H,7,10,15-17H2;2-12,15-16H,13-14H2,1H3/b25-19-,28-27?;23-16-,26-25?. The Morgan fingerprint density at radius 1 is 0.547 bits per heavy atom. The molecule has 0 unspecified atom stereocenters. The molecule has 2 amide bonds. The smallest absolute Gasteiger partial charge is 0.271 e. The van der Waals surface area contributed by atoms with Gasteiger partial charge in [-0.25, -0.2) is 4.99 Å². The molecule has 6 aromatic carbocycles. The number of thioether (sulfide) groups is 2. The lowest BCUT2D eigenvalue weighted by Gasteiger charge is -2.18. The molecule has 6 aromatic rings. The Balaban J connectivity index is 0.000000162. The Kier molecular flexibility index (Phi) is 13.2. The molecule has 0 aromatic heterocycles. The van der Waals surface area contributed by atoms with E-state index < -0.39 is 0 Å². The number of fused-ring (bicyclic) bond motifs is 2. The zero-order chi connectivity index (χ0) is 43.7. The lowest BCUT2D eigenvalue weighted by Crippen LogP contribution is -2.29. The molecule has 2 saturated heterocycles. The number of aryl methyl sites for hydroxylation is 2. The molecule has 0 saturated carbocycles. The van der Waals surface area contributed by atoms with Gasteiger partial charge in [-0.2, -0.15) is 0 Å². The van der Waals surface area contributed by atoms with E-state index in [1.807, 2.05) is 146 Å². The van der Waals surface area contributed by atoms with E-state index in [4.69, 9.17) is 28.9 Å². The maximum Gasteiger partial charge on any atom is 0.271 e. The summed E-state index contributed by atoms with van der Waals surface area (Å²) in [6, 6.07) is 49.1. The summed E-state index contributed by atoms with van der Waals surface area (Å²) in [5.41, 5.74) is 6.66. The highest BCUT2D eigenvalue weighted by atomic mass is 32.2. The van der Waals surface area contributed by atoms with Gasteiger partial charge in [0.05, 0.1) is 26.9 Å². The molecule has 2 fully saturated rings. The number of nitrogens with zero attached hydrogens (tertiary/aromatic N) is 4. The minimum Gasteiger partial charge on any atom is -0.486 e. The van der Waals surface area contributed by atoms with Crippen LogP contribution in [0.5, 0.6) is 23.0 Å². The number of hydrogen-bond acceptors (Lipinski definition) is 10. The fraction of sp³-hybridized carbons (Fsp3) is 0.154. The van der Waals surface area contributed by atoms with E-state index in [1.54, 1.807) is 9.80 Å². The average molecular weight is 885 g/mol. The van der Waals surface area contributed by atoms with Crippen LogP contribution in [0.1, 0.15) is 28.7 Å². The number of rotatable bonds is 9. The zero-order valence-electron chi connectivity index (χ0n) is 35.1. The number of amides is 2. The predicted octanol–water partition coefficient (Wildman–Crippen LogP) is 11.1. The van der Waals surface area contributed by atoms with Crippen LogP contribution < -0.4 is 28.7 Å². The Labute approximate surface area is 380 Å². The summed E-state index contributed by atoms with van der Waals surface area (Å²) in [4.78, 5) is 40.9. The molecule has 320 valence electrons. The first-order valence-electron chi connectivity index (χ1n) is 21.1. The highest BCUT2D eigenvalue weighted by Gasteiger charge is 2.36. The monoisotopic (exact) mass is 884 g/mol. The summed E-state index contributed by atoms with van der Waals surface area (Å²) in [7, 11) is 0. The van der Waals surface area contributed by atoms with Crippen molar-refractivity contribution in [2.75, 3.05) is 42.8 Å². The summed E-state index contributed by atoms with van der Waals surface area (Å²) in [5.74, 6) is 2.71. The molecule has 0 N–H and O–H groups in total. The van der Waals surface area contributed by atoms with Gasteiger partial charge < -0.3 is 18.9 Å². The number of carbonyl (C=O) groups excluding carboxylic acids is 2. The second kappa shape index (κ2) is 20.0. The first-order chi connectivity index (χ1) is 31.4. The zero-order valence-corrected chi connectivity index (χ0v) is 36.7. The van der Waals surface area contributed by atoms with Gasteiger partial charge >= 0.3 is 0 Å². The van der Waals surface area contributed by atoms with Crippen LogP contribution in [0.3, 0.4) is 0 Å². The molecule has 4 aliphatic heterocycles. The number of amidine groups is 2. The molecular weight excluding hydrogens is 841 g/mol. The second-order valence-corrected chi connectivity index (χ2v) is 17.0. The number of para-hydroxylation sites is 2. The van der Waals surface area contributed by atoms with E-state index in [9.17, 15) is 9.59 Å². The Morgan fingerprint density at radius 3 is 1.55 bits per heavy atom. The molecule has 10 rings (SSSR count). The summed E-state index contributed by atoms with van der Waals surface area (Å²) >= 11 is 2.78. The largest absolute Gasteiger partial charge is 0.486 e. The molecule has 0 aliphatic carbocycles. The quantitative estimate of drug-likeness (QED) is 0.104. The second-order valence-electron chi connectivity index (χ2n) is 15.0. The van der Waals surface area contributed by atoms with E-state index in [0.29, 0.717) is 64.6 Å². The van der Waals surface area contributed by atoms with Crippen LogP contribution in [-0.4, -0.2) is 55.1 Å². The summed E-state index contributed by atoms with van der Waals surface area (Å²) in [5, 5.41) is 1.34. The predicted molar refractivity (Wildman–Crippen MR) is 259 cm³/mol. The normalized spacial score (nSPS) is 17.9. The molecule has 10 nitrogen and oxygen atoms in total. The lowest BCUT2D eigenvalue weighted by atomic mass is 10.1. The molecule has 4 aliphatic rings. The van der Waals surface area contributed by atoms with Gasteiger partial charge in [-0.1, -0.05) is 96.6 Å². The van der Waals surface area contributed by atoms with Crippen LogP contribution in [0, 0.1) is 6.92 Å². The van der Waals surface area contributed by atoms with E-state index in [-0.39, 0.29) is 11.8 Å². The van der Waals surface area contributed by atoms with Gasteiger partial charge in [0.2, 0.25) is 0 Å². The van der Waals surface area contributed by atoms with Crippen molar-refractivity contribution < 1.29 is 28.5 Å². The first-order valence-corrected chi connectivity index (χ1v) is 22.7. The maximum atomic E-state index is 13.4. The van der Waals surface area contributed by atoms with Crippen LogP contribution in [0.15, 0.2) is 171 Å². The summed E-state index contributed by atoms with van der Waals surface area (Å²) in [6.07, 6.45) is 5.65. The molecule has 0 spiro atoms. The van der Waals surface area contributed by atoms with Gasteiger partial charge in [-0.15, -0.1) is 0 Å². The minimum atomic E-state index is -0.100. The van der Waals surface area contributed by atoms with Gasteiger partial charge in [-0.3, -0.25) is 24.4 Å². The van der Waals surface area contributed by atoms with Gasteiger partial charge in [0, 0.05) is 6.54 Å². The summed E-state index contributed by atoms with van der Waals surface area (Å²) in [6.45, 7) is 4.85. The number of ether oxygens (including phenoxy) is 4.